The van der Waals surface area contributed by atoms with Crippen LogP contribution in [0.5, 0.6) is 0 Å². The lowest BCUT2D eigenvalue weighted by atomic mass is 10.2. The number of carbonyl (C=O) groups excluding carboxylic acids is 3. The van der Waals surface area contributed by atoms with Gasteiger partial charge in [-0.05, 0) is 39.0 Å². The van der Waals surface area contributed by atoms with Crippen molar-refractivity contribution >= 4 is 24.0 Å². The summed E-state index contributed by atoms with van der Waals surface area (Å²) in [6, 6.07) is 9.01. The second-order valence-electron chi connectivity index (χ2n) is 5.68. The number of ether oxygens (including phenoxy) is 1. The molecule has 0 saturated heterocycles. The van der Waals surface area contributed by atoms with Crippen LogP contribution in [-0.2, 0) is 14.3 Å². The van der Waals surface area contributed by atoms with Crippen LogP contribution >= 0.6 is 0 Å². The van der Waals surface area contributed by atoms with E-state index >= 15 is 0 Å². The first-order chi connectivity index (χ1) is 12.9. The summed E-state index contributed by atoms with van der Waals surface area (Å²) in [6.45, 7) is 5.31. The molecule has 0 bridgehead atoms. The third kappa shape index (κ3) is 5.53. The molecule has 2 N–H and O–H groups in total. The number of amides is 3. The Labute approximate surface area is 157 Å². The molecule has 2 rings (SSSR count). The lowest BCUT2D eigenvalue weighted by molar-refractivity contribution is -0.143. The van der Waals surface area contributed by atoms with Crippen LogP contribution < -0.4 is 10.6 Å². The second-order valence-corrected chi connectivity index (χ2v) is 5.68. The quantitative estimate of drug-likeness (QED) is 0.597. The molecule has 1 aromatic heterocycles. The van der Waals surface area contributed by atoms with Crippen LogP contribution in [0.2, 0.25) is 0 Å². The molecule has 0 saturated carbocycles. The SMILES string of the molecule is CCNC(=O)NC(=O)COC(=O)/C=C/c1c(C)nn(-c2ccccc2)c1C. The molecular weight excluding hydrogens is 348 g/mol. The number of rotatable bonds is 6. The van der Waals surface area contributed by atoms with Crippen molar-refractivity contribution in [3.8, 4) is 5.69 Å². The van der Waals surface area contributed by atoms with Crippen molar-refractivity contribution in [3.05, 3.63) is 53.4 Å². The molecular formula is C19H22N4O4. The number of nitrogens with zero attached hydrogens (tertiary/aromatic N) is 2. The maximum absolute atomic E-state index is 11.8. The lowest BCUT2D eigenvalue weighted by Gasteiger charge is -2.04. The van der Waals surface area contributed by atoms with E-state index in [0.29, 0.717) is 6.54 Å². The maximum atomic E-state index is 11.8. The number of carbonyl (C=O) groups is 3. The molecule has 27 heavy (non-hydrogen) atoms. The van der Waals surface area contributed by atoms with E-state index in [1.165, 1.54) is 6.08 Å². The van der Waals surface area contributed by atoms with Crippen LogP contribution in [-0.4, -0.2) is 40.8 Å². The van der Waals surface area contributed by atoms with Gasteiger partial charge in [0.1, 0.15) is 0 Å². The normalized spacial score (nSPS) is 10.6. The van der Waals surface area contributed by atoms with Crippen molar-refractivity contribution in [2.24, 2.45) is 0 Å². The highest BCUT2D eigenvalue weighted by Crippen LogP contribution is 2.19. The first kappa shape index (κ1) is 19.9. The number of para-hydroxylation sites is 1. The predicted octanol–water partition coefficient (Wildman–Crippen LogP) is 1.89. The van der Waals surface area contributed by atoms with Crippen molar-refractivity contribution in [2.45, 2.75) is 20.8 Å². The summed E-state index contributed by atoms with van der Waals surface area (Å²) in [6.07, 6.45) is 2.83. The molecule has 1 heterocycles. The summed E-state index contributed by atoms with van der Waals surface area (Å²) in [5.41, 5.74) is 3.34. The van der Waals surface area contributed by atoms with Gasteiger partial charge < -0.3 is 10.1 Å². The number of aryl methyl sites for hydroxylation is 1. The van der Waals surface area contributed by atoms with Gasteiger partial charge in [-0.3, -0.25) is 10.1 Å². The van der Waals surface area contributed by atoms with E-state index in [2.05, 4.69) is 10.4 Å². The smallest absolute Gasteiger partial charge is 0.331 e. The summed E-state index contributed by atoms with van der Waals surface area (Å²) in [4.78, 5) is 34.5. The van der Waals surface area contributed by atoms with Crippen LogP contribution in [0.25, 0.3) is 11.8 Å². The number of benzene rings is 1. The summed E-state index contributed by atoms with van der Waals surface area (Å²) < 4.78 is 6.62. The van der Waals surface area contributed by atoms with Crippen molar-refractivity contribution < 1.29 is 19.1 Å². The minimum atomic E-state index is -0.702. The van der Waals surface area contributed by atoms with Gasteiger partial charge in [0.15, 0.2) is 6.61 Å². The van der Waals surface area contributed by atoms with Gasteiger partial charge in [-0.2, -0.15) is 5.10 Å². The van der Waals surface area contributed by atoms with E-state index in [9.17, 15) is 14.4 Å². The minimum Gasteiger partial charge on any atom is -0.452 e. The Hall–Kier alpha value is -3.42. The number of esters is 1. The van der Waals surface area contributed by atoms with Crippen molar-refractivity contribution in [2.75, 3.05) is 13.2 Å². The molecule has 142 valence electrons. The number of urea groups is 1. The van der Waals surface area contributed by atoms with E-state index in [-0.39, 0.29) is 0 Å². The topological polar surface area (TPSA) is 102 Å². The molecule has 8 heteroatoms. The Morgan fingerprint density at radius 1 is 1.19 bits per heavy atom. The molecule has 0 fully saturated rings. The van der Waals surface area contributed by atoms with E-state index in [4.69, 9.17) is 4.74 Å². The van der Waals surface area contributed by atoms with E-state index < -0.39 is 24.5 Å². The van der Waals surface area contributed by atoms with E-state index in [0.717, 1.165) is 22.6 Å². The average Bonchev–Trinajstić information content (AvgIpc) is 2.93. The van der Waals surface area contributed by atoms with E-state index in [1.54, 1.807) is 17.7 Å². The van der Waals surface area contributed by atoms with Crippen molar-refractivity contribution in [1.82, 2.24) is 20.4 Å². The lowest BCUT2D eigenvalue weighted by Crippen LogP contribution is -2.41. The number of hydrogen-bond acceptors (Lipinski definition) is 5. The minimum absolute atomic E-state index is 0.386. The summed E-state index contributed by atoms with van der Waals surface area (Å²) in [7, 11) is 0. The second kappa shape index (κ2) is 9.33. The number of nitrogens with one attached hydrogen (secondary N) is 2. The van der Waals surface area contributed by atoms with Gasteiger partial charge >= 0.3 is 12.0 Å². The number of aromatic nitrogens is 2. The Bertz CT molecular complexity index is 856. The summed E-state index contributed by atoms with van der Waals surface area (Å²) in [5, 5.41) is 8.94. The monoisotopic (exact) mass is 370 g/mol. The molecule has 1 aromatic carbocycles. The molecule has 0 aliphatic carbocycles. The van der Waals surface area contributed by atoms with Crippen LogP contribution in [0.15, 0.2) is 36.4 Å². The zero-order valence-electron chi connectivity index (χ0n) is 15.5. The van der Waals surface area contributed by atoms with Gasteiger partial charge in [0.05, 0.1) is 11.4 Å². The summed E-state index contributed by atoms with van der Waals surface area (Å²) >= 11 is 0. The zero-order chi connectivity index (χ0) is 19.8. The fraction of sp³-hybridized carbons (Fsp3) is 0.263. The third-order valence-electron chi connectivity index (χ3n) is 3.67. The number of hydrogen-bond donors (Lipinski definition) is 2. The molecule has 0 aliphatic rings. The van der Waals surface area contributed by atoms with Crippen LogP contribution in [0.3, 0.4) is 0 Å². The molecule has 2 aromatic rings. The number of imide groups is 1. The van der Waals surface area contributed by atoms with Crippen LogP contribution in [0.4, 0.5) is 4.79 Å². The fourth-order valence-electron chi connectivity index (χ4n) is 2.42. The van der Waals surface area contributed by atoms with Gasteiger partial charge in [0, 0.05) is 23.9 Å². The Morgan fingerprint density at radius 3 is 2.56 bits per heavy atom. The largest absolute Gasteiger partial charge is 0.452 e. The molecule has 0 spiro atoms. The fourth-order valence-corrected chi connectivity index (χ4v) is 2.42. The highest BCUT2D eigenvalue weighted by Gasteiger charge is 2.12. The molecule has 0 aliphatic heterocycles. The maximum Gasteiger partial charge on any atom is 0.331 e. The third-order valence-corrected chi connectivity index (χ3v) is 3.67. The molecule has 0 unspecified atom stereocenters. The summed E-state index contributed by atoms with van der Waals surface area (Å²) in [5.74, 6) is -1.39. The van der Waals surface area contributed by atoms with E-state index in [1.807, 2.05) is 49.5 Å². The van der Waals surface area contributed by atoms with Gasteiger partial charge in [-0.15, -0.1) is 0 Å². The highest BCUT2D eigenvalue weighted by atomic mass is 16.5. The standard InChI is InChI=1S/C19H22N4O4/c1-4-20-19(26)21-17(24)12-27-18(25)11-10-16-13(2)22-23(14(16)3)15-8-6-5-7-9-15/h5-11H,4,12H2,1-3H3,(H2,20,21,24,26)/b11-10+. The Kier molecular flexibility index (Phi) is 6.87. The van der Waals surface area contributed by atoms with Crippen molar-refractivity contribution in [1.29, 1.82) is 0 Å². The van der Waals surface area contributed by atoms with Gasteiger partial charge in [0.2, 0.25) is 0 Å². The first-order valence-corrected chi connectivity index (χ1v) is 8.46. The zero-order valence-corrected chi connectivity index (χ0v) is 15.5. The molecule has 0 radical (unpaired) electrons. The Balaban J connectivity index is 1.97. The average molecular weight is 370 g/mol. The molecule has 8 nitrogen and oxygen atoms in total. The van der Waals surface area contributed by atoms with Crippen LogP contribution in [0, 0.1) is 13.8 Å². The van der Waals surface area contributed by atoms with Gasteiger partial charge in [-0.1, -0.05) is 18.2 Å². The van der Waals surface area contributed by atoms with Crippen molar-refractivity contribution in [3.63, 3.8) is 0 Å². The first-order valence-electron chi connectivity index (χ1n) is 8.46. The predicted molar refractivity (Wildman–Crippen MR) is 100 cm³/mol. The van der Waals surface area contributed by atoms with Gasteiger partial charge in [-0.25, -0.2) is 14.3 Å². The highest BCUT2D eigenvalue weighted by molar-refractivity contribution is 5.96. The molecule has 0 atom stereocenters. The molecule has 3 amide bonds. The Morgan fingerprint density at radius 2 is 1.89 bits per heavy atom. The van der Waals surface area contributed by atoms with Gasteiger partial charge in [0.25, 0.3) is 5.91 Å². The van der Waals surface area contributed by atoms with Crippen LogP contribution in [0.1, 0.15) is 23.9 Å².